The molecule has 7 nitrogen and oxygen atoms in total. The van der Waals surface area contributed by atoms with Gasteiger partial charge in [0.2, 0.25) is 0 Å². The second kappa shape index (κ2) is 7.20. The molecule has 3 aromatic rings. The first-order chi connectivity index (χ1) is 11.9. The second-order valence-electron chi connectivity index (χ2n) is 5.18. The van der Waals surface area contributed by atoms with Crippen molar-refractivity contribution in [3.63, 3.8) is 0 Å². The Morgan fingerprint density at radius 3 is 2.72 bits per heavy atom. The summed E-state index contributed by atoms with van der Waals surface area (Å²) in [6.07, 6.45) is 3.31. The molecule has 0 aromatic carbocycles. The monoisotopic (exact) mass is 430 g/mol. The molecule has 3 rings (SSSR count). The number of hydrogen-bond acceptors (Lipinski definition) is 8. The number of rotatable bonds is 6. The van der Waals surface area contributed by atoms with Crippen LogP contribution in [-0.4, -0.2) is 38.1 Å². The zero-order valence-corrected chi connectivity index (χ0v) is 15.1. The quantitative estimate of drug-likeness (QED) is 0.549. The van der Waals surface area contributed by atoms with E-state index in [1.165, 1.54) is 0 Å². The van der Waals surface area contributed by atoms with E-state index < -0.39 is 18.6 Å². The van der Waals surface area contributed by atoms with Crippen LogP contribution in [0, 0.1) is 0 Å². The molecule has 132 valence electrons. The van der Waals surface area contributed by atoms with E-state index in [4.69, 9.17) is 10.8 Å². The molecule has 0 bridgehead atoms. The van der Waals surface area contributed by atoms with Crippen molar-refractivity contribution >= 4 is 43.3 Å². The van der Waals surface area contributed by atoms with Gasteiger partial charge < -0.3 is 16.2 Å². The molecule has 0 aliphatic heterocycles. The molecule has 0 radical (unpaired) electrons. The van der Waals surface area contributed by atoms with Crippen LogP contribution < -0.4 is 11.1 Å². The Morgan fingerprint density at radius 1 is 1.32 bits per heavy atom. The third kappa shape index (κ3) is 3.45. The first kappa shape index (κ1) is 18.0. The number of aliphatic hydroxyl groups is 1. The maximum absolute atomic E-state index is 14.4. The fraction of sp³-hybridized carbons (Fsp3) is 0.286. The molecule has 0 aliphatic carbocycles. The molecule has 25 heavy (non-hydrogen) atoms. The zero-order valence-electron chi connectivity index (χ0n) is 12.7. The molecule has 0 aliphatic rings. The first-order valence-corrected chi connectivity index (χ1v) is 8.75. The number of aliphatic hydroxyl groups excluding tert-OH is 1. The van der Waals surface area contributed by atoms with Crippen LogP contribution in [0.3, 0.4) is 0 Å². The minimum Gasteiger partial charge on any atom is -0.395 e. The molecule has 0 fully saturated rings. The number of alkyl halides is 2. The van der Waals surface area contributed by atoms with Crippen molar-refractivity contribution in [3.8, 4) is 0 Å². The van der Waals surface area contributed by atoms with Gasteiger partial charge in [-0.15, -0.1) is 21.5 Å². The fourth-order valence-corrected chi connectivity index (χ4v) is 4.15. The molecule has 0 amide bonds. The lowest BCUT2D eigenvalue weighted by molar-refractivity contribution is -0.0434. The summed E-state index contributed by atoms with van der Waals surface area (Å²) < 4.78 is 29.4. The predicted octanol–water partition coefficient (Wildman–Crippen LogP) is 2.27. The van der Waals surface area contributed by atoms with Gasteiger partial charge in [-0.3, -0.25) is 4.98 Å². The van der Waals surface area contributed by atoms with Gasteiger partial charge in [-0.05, 0) is 38.8 Å². The summed E-state index contributed by atoms with van der Waals surface area (Å²) in [5.74, 6) is -3.08. The van der Waals surface area contributed by atoms with E-state index in [1.54, 1.807) is 12.4 Å². The molecule has 11 heteroatoms. The van der Waals surface area contributed by atoms with Crippen molar-refractivity contribution < 1.29 is 13.9 Å². The van der Waals surface area contributed by atoms with Gasteiger partial charge in [0.25, 0.3) is 5.92 Å². The van der Waals surface area contributed by atoms with Gasteiger partial charge in [-0.2, -0.15) is 8.78 Å². The standard InChI is InChI=1S/C14H13BrF2N6OS/c15-9-10-11(25-12(9)14(16,17)8(18)6-24)13(22-23-21-10)20-5-7-1-3-19-4-2-7/h1-4,8,24H,5-6,18H2,(H,20,21,22)/t8-/m0/s1. The highest BCUT2D eigenvalue weighted by molar-refractivity contribution is 9.10. The Bertz CT molecular complexity index is 878. The van der Waals surface area contributed by atoms with Crippen LogP contribution in [0.15, 0.2) is 29.0 Å². The minimum absolute atomic E-state index is 0.100. The van der Waals surface area contributed by atoms with Gasteiger partial charge in [-0.25, -0.2) is 0 Å². The average molecular weight is 431 g/mol. The summed E-state index contributed by atoms with van der Waals surface area (Å²) in [5, 5.41) is 23.4. The second-order valence-corrected chi connectivity index (χ2v) is 7.00. The van der Waals surface area contributed by atoms with Crippen LogP contribution in [0.25, 0.3) is 10.2 Å². The normalized spacial score (nSPS) is 13.2. The zero-order chi connectivity index (χ0) is 18.0. The lowest BCUT2D eigenvalue weighted by atomic mass is 10.1. The van der Waals surface area contributed by atoms with Gasteiger partial charge in [0.1, 0.15) is 10.2 Å². The van der Waals surface area contributed by atoms with Crippen LogP contribution >= 0.6 is 27.3 Å². The van der Waals surface area contributed by atoms with Crippen molar-refractivity contribution in [2.45, 2.75) is 18.5 Å². The molecular formula is C14H13BrF2N6OS. The summed E-state index contributed by atoms with van der Waals surface area (Å²) in [6, 6.07) is 1.93. The van der Waals surface area contributed by atoms with Crippen molar-refractivity contribution in [3.05, 3.63) is 39.4 Å². The number of anilines is 1. The molecule has 0 spiro atoms. The number of nitrogens with two attached hydrogens (primary N) is 1. The van der Waals surface area contributed by atoms with Gasteiger partial charge in [-0.1, -0.05) is 0 Å². The van der Waals surface area contributed by atoms with Crippen LogP contribution in [0.4, 0.5) is 14.6 Å². The number of pyridine rings is 1. The van der Waals surface area contributed by atoms with Gasteiger partial charge in [0, 0.05) is 18.9 Å². The number of thiophene rings is 1. The highest BCUT2D eigenvalue weighted by atomic mass is 79.9. The molecule has 3 aromatic heterocycles. The summed E-state index contributed by atoms with van der Waals surface area (Å²) in [7, 11) is 0. The van der Waals surface area contributed by atoms with E-state index in [-0.39, 0.29) is 14.9 Å². The molecule has 3 heterocycles. The number of nitrogens with zero attached hydrogens (tertiary/aromatic N) is 4. The summed E-state index contributed by atoms with van der Waals surface area (Å²) in [5.41, 5.74) is 6.57. The van der Waals surface area contributed by atoms with E-state index >= 15 is 0 Å². The van der Waals surface area contributed by atoms with Crippen LogP contribution in [0.5, 0.6) is 0 Å². The Balaban J connectivity index is 1.98. The Morgan fingerprint density at radius 2 is 2.04 bits per heavy atom. The molecule has 1 atom stereocenters. The third-order valence-corrected chi connectivity index (χ3v) is 5.81. The number of hydrogen-bond donors (Lipinski definition) is 3. The summed E-state index contributed by atoms with van der Waals surface area (Å²) >= 11 is 3.95. The van der Waals surface area contributed by atoms with E-state index in [9.17, 15) is 8.78 Å². The molecular weight excluding hydrogens is 418 g/mol. The topological polar surface area (TPSA) is 110 Å². The summed E-state index contributed by atoms with van der Waals surface area (Å²) in [4.78, 5) is 3.61. The van der Waals surface area contributed by atoms with E-state index in [2.05, 4.69) is 41.6 Å². The maximum atomic E-state index is 14.4. The fourth-order valence-electron chi connectivity index (χ4n) is 2.11. The number of fused-ring (bicyclic) bond motifs is 1. The number of nitrogens with one attached hydrogen (secondary N) is 1. The highest BCUT2D eigenvalue weighted by Gasteiger charge is 2.43. The first-order valence-electron chi connectivity index (χ1n) is 7.14. The van der Waals surface area contributed by atoms with Crippen molar-refractivity contribution in [2.24, 2.45) is 5.73 Å². The van der Waals surface area contributed by atoms with Gasteiger partial charge in [0.05, 0.1) is 22.0 Å². The average Bonchev–Trinajstić information content (AvgIpc) is 2.98. The summed E-state index contributed by atoms with van der Waals surface area (Å²) in [6.45, 7) is -0.418. The Kier molecular flexibility index (Phi) is 5.18. The lowest BCUT2D eigenvalue weighted by Gasteiger charge is -2.20. The van der Waals surface area contributed by atoms with E-state index in [0.717, 1.165) is 16.9 Å². The van der Waals surface area contributed by atoms with Gasteiger partial charge >= 0.3 is 0 Å². The largest absolute Gasteiger partial charge is 0.395 e. The van der Waals surface area contributed by atoms with Crippen molar-refractivity contribution in [1.82, 2.24) is 20.4 Å². The van der Waals surface area contributed by atoms with E-state index in [0.29, 0.717) is 17.1 Å². The Hall–Kier alpha value is -1.82. The van der Waals surface area contributed by atoms with Crippen molar-refractivity contribution in [1.29, 1.82) is 0 Å². The molecule has 4 N–H and O–H groups in total. The molecule has 0 saturated heterocycles. The lowest BCUT2D eigenvalue weighted by Crippen LogP contribution is -2.41. The van der Waals surface area contributed by atoms with Crippen molar-refractivity contribution in [2.75, 3.05) is 11.9 Å². The smallest absolute Gasteiger partial charge is 0.300 e. The maximum Gasteiger partial charge on any atom is 0.300 e. The SMILES string of the molecule is N[C@@H](CO)C(F)(F)c1sc2c(NCc3ccncc3)nnnc2c1Br. The third-order valence-electron chi connectivity index (χ3n) is 3.51. The van der Waals surface area contributed by atoms with Gasteiger partial charge in [0.15, 0.2) is 5.82 Å². The predicted molar refractivity (Wildman–Crippen MR) is 93.4 cm³/mol. The highest BCUT2D eigenvalue weighted by Crippen LogP contribution is 2.46. The molecule has 0 saturated carbocycles. The van der Waals surface area contributed by atoms with Crippen LogP contribution in [-0.2, 0) is 12.5 Å². The minimum atomic E-state index is -3.42. The number of halogens is 3. The van der Waals surface area contributed by atoms with Crippen LogP contribution in [0.1, 0.15) is 10.4 Å². The van der Waals surface area contributed by atoms with Crippen LogP contribution in [0.2, 0.25) is 0 Å². The van der Waals surface area contributed by atoms with E-state index in [1.807, 2.05) is 12.1 Å². The molecule has 0 unspecified atom stereocenters. The number of aromatic nitrogens is 4. The Labute approximate surface area is 153 Å².